The maximum Gasteiger partial charge on any atom is 0.388 e. The number of nitrogens with one attached hydrogen (secondary N) is 1. The van der Waals surface area contributed by atoms with Crippen molar-refractivity contribution in [3.05, 3.63) is 23.4 Å². The molecule has 168 valence electrons. The maximum absolute atomic E-state index is 13.4. The number of rotatable bonds is 7. The topological polar surface area (TPSA) is 69.7 Å². The summed E-state index contributed by atoms with van der Waals surface area (Å²) in [5.74, 6) is -0.349. The molecule has 2 aliphatic rings. The third-order valence-electron chi connectivity index (χ3n) is 6.93. The molecule has 1 aromatic rings. The zero-order chi connectivity index (χ0) is 22.4. The van der Waals surface area contributed by atoms with Crippen LogP contribution in [0.5, 0.6) is 5.88 Å². The Bertz CT molecular complexity index is 809. The lowest BCUT2D eigenvalue weighted by Crippen LogP contribution is -2.67. The number of aromatic nitrogens is 1. The first-order valence-electron chi connectivity index (χ1n) is 10.4. The second kappa shape index (κ2) is 7.83. The van der Waals surface area contributed by atoms with Crippen LogP contribution in [-0.4, -0.2) is 45.6 Å². The summed E-state index contributed by atoms with van der Waals surface area (Å²) >= 11 is 0. The molecular formula is C21H32F2N2O4Si. The maximum atomic E-state index is 13.4. The Morgan fingerprint density at radius 3 is 2.47 bits per heavy atom. The van der Waals surface area contributed by atoms with E-state index in [2.05, 4.69) is 48.9 Å². The molecule has 3 rings (SSSR count). The molecule has 0 aliphatic carbocycles. The summed E-state index contributed by atoms with van der Waals surface area (Å²) in [6, 6.07) is 3.15. The third kappa shape index (κ3) is 3.87. The number of pyridine rings is 1. The Kier molecular flexibility index (Phi) is 6.03. The summed E-state index contributed by atoms with van der Waals surface area (Å²) in [7, 11) is -2.00. The first-order valence-corrected chi connectivity index (χ1v) is 13.3. The van der Waals surface area contributed by atoms with Crippen LogP contribution in [0.15, 0.2) is 12.1 Å². The van der Waals surface area contributed by atoms with Gasteiger partial charge >= 0.3 is 6.61 Å². The van der Waals surface area contributed by atoms with Crippen LogP contribution in [-0.2, 0) is 24.9 Å². The number of hydrogen-bond acceptors (Lipinski definition) is 5. The Balaban J connectivity index is 1.97. The van der Waals surface area contributed by atoms with E-state index >= 15 is 0 Å². The smallest absolute Gasteiger partial charge is 0.388 e. The van der Waals surface area contributed by atoms with E-state index in [0.717, 1.165) is 5.56 Å². The van der Waals surface area contributed by atoms with Gasteiger partial charge in [-0.2, -0.15) is 8.78 Å². The number of amides is 1. The average Bonchev–Trinajstić information content (AvgIpc) is 2.60. The summed E-state index contributed by atoms with van der Waals surface area (Å²) < 4.78 is 41.8. The molecular weight excluding hydrogens is 410 g/mol. The average molecular weight is 443 g/mol. The van der Waals surface area contributed by atoms with Crippen molar-refractivity contribution in [2.75, 3.05) is 19.8 Å². The summed E-state index contributed by atoms with van der Waals surface area (Å²) in [6.45, 7) is 10.8. The highest BCUT2D eigenvalue weighted by molar-refractivity contribution is 6.74. The van der Waals surface area contributed by atoms with E-state index in [-0.39, 0.29) is 16.8 Å². The number of fused-ring (bicyclic) bond motifs is 2. The van der Waals surface area contributed by atoms with Gasteiger partial charge in [-0.1, -0.05) is 27.7 Å². The van der Waals surface area contributed by atoms with E-state index in [9.17, 15) is 13.6 Å². The SMILES string of the molecule is CCC1(CCO[Si](C)(C)C(C)(C)C)C(=O)NC2(COC2)c2ccc(OC(F)F)nc21. The number of ether oxygens (including phenoxy) is 2. The van der Waals surface area contributed by atoms with Crippen molar-refractivity contribution in [3.8, 4) is 5.88 Å². The predicted octanol–water partition coefficient (Wildman–Crippen LogP) is 4.10. The molecule has 1 aromatic heterocycles. The summed E-state index contributed by atoms with van der Waals surface area (Å²) in [4.78, 5) is 17.8. The van der Waals surface area contributed by atoms with Crippen LogP contribution < -0.4 is 10.1 Å². The molecule has 1 saturated heterocycles. The van der Waals surface area contributed by atoms with Gasteiger partial charge in [0.1, 0.15) is 5.54 Å². The fourth-order valence-corrected chi connectivity index (χ4v) is 4.87. The molecule has 0 bridgehead atoms. The molecule has 0 saturated carbocycles. The van der Waals surface area contributed by atoms with Crippen molar-refractivity contribution in [1.82, 2.24) is 10.3 Å². The van der Waals surface area contributed by atoms with E-state index in [1.54, 1.807) is 6.07 Å². The van der Waals surface area contributed by atoms with Crippen LogP contribution in [0.2, 0.25) is 18.1 Å². The molecule has 9 heteroatoms. The number of carbonyl (C=O) groups excluding carboxylic acids is 1. The van der Waals surface area contributed by atoms with Crippen LogP contribution in [0, 0.1) is 0 Å². The van der Waals surface area contributed by atoms with Gasteiger partial charge in [-0.05, 0) is 37.0 Å². The highest BCUT2D eigenvalue weighted by atomic mass is 28.4. The van der Waals surface area contributed by atoms with Crippen molar-refractivity contribution < 1.29 is 27.5 Å². The molecule has 1 atom stereocenters. The van der Waals surface area contributed by atoms with Gasteiger partial charge < -0.3 is 19.2 Å². The molecule has 1 unspecified atom stereocenters. The van der Waals surface area contributed by atoms with E-state index in [0.29, 0.717) is 38.4 Å². The van der Waals surface area contributed by atoms with Crippen LogP contribution in [0.25, 0.3) is 0 Å². The van der Waals surface area contributed by atoms with E-state index in [4.69, 9.17) is 9.16 Å². The van der Waals surface area contributed by atoms with Gasteiger partial charge in [0.2, 0.25) is 11.8 Å². The van der Waals surface area contributed by atoms with Gasteiger partial charge in [0.15, 0.2) is 8.32 Å². The highest BCUT2D eigenvalue weighted by Crippen LogP contribution is 2.46. The van der Waals surface area contributed by atoms with E-state index in [1.165, 1.54) is 6.07 Å². The van der Waals surface area contributed by atoms with Crippen molar-refractivity contribution in [1.29, 1.82) is 0 Å². The number of nitrogens with zero attached hydrogens (tertiary/aromatic N) is 1. The standard InChI is InChI=1S/C21H32F2N2O4Si/c1-7-20(10-11-28-30(5,6)19(2,3)4)16-14(8-9-15(24-16)29-18(22)23)21(12-27-13-21)25-17(20)26/h8-9,18H,7,10-13H2,1-6H3,(H,25,26). The van der Waals surface area contributed by atoms with Crippen molar-refractivity contribution in [3.63, 3.8) is 0 Å². The van der Waals surface area contributed by atoms with Gasteiger partial charge in [0, 0.05) is 18.2 Å². The fourth-order valence-electron chi connectivity index (χ4n) is 3.83. The molecule has 1 amide bonds. The largest absolute Gasteiger partial charge is 0.417 e. The summed E-state index contributed by atoms with van der Waals surface area (Å²) in [5, 5.41) is 3.17. The zero-order valence-corrected chi connectivity index (χ0v) is 19.6. The Labute approximate surface area is 177 Å². The molecule has 2 aliphatic heterocycles. The first-order chi connectivity index (χ1) is 13.9. The summed E-state index contributed by atoms with van der Waals surface area (Å²) in [6.07, 6.45) is 0.881. The second-order valence-electron chi connectivity index (χ2n) is 9.75. The van der Waals surface area contributed by atoms with Crippen molar-refractivity contribution in [2.45, 2.75) is 76.2 Å². The fraction of sp³-hybridized carbons (Fsp3) is 0.714. The van der Waals surface area contributed by atoms with Gasteiger partial charge in [-0.15, -0.1) is 0 Å². The number of carbonyl (C=O) groups is 1. The molecule has 1 N–H and O–H groups in total. The number of alkyl halides is 2. The highest BCUT2D eigenvalue weighted by Gasteiger charge is 2.56. The normalized spacial score (nSPS) is 23.2. The van der Waals surface area contributed by atoms with Crippen molar-refractivity contribution >= 4 is 14.2 Å². The summed E-state index contributed by atoms with van der Waals surface area (Å²) in [5.41, 5.74) is -0.319. The van der Waals surface area contributed by atoms with Crippen LogP contribution >= 0.6 is 0 Å². The van der Waals surface area contributed by atoms with Crippen LogP contribution in [0.1, 0.15) is 51.8 Å². The predicted molar refractivity (Wildman–Crippen MR) is 111 cm³/mol. The molecule has 1 fully saturated rings. The first kappa shape index (κ1) is 23.1. The number of hydrogen-bond donors (Lipinski definition) is 1. The van der Waals surface area contributed by atoms with Gasteiger partial charge in [0.05, 0.1) is 24.3 Å². The lowest BCUT2D eigenvalue weighted by molar-refractivity contribution is -0.144. The molecule has 6 nitrogen and oxygen atoms in total. The lowest BCUT2D eigenvalue weighted by Gasteiger charge is -2.51. The Morgan fingerprint density at radius 2 is 1.97 bits per heavy atom. The minimum absolute atomic E-state index is 0.0446. The van der Waals surface area contributed by atoms with Gasteiger partial charge in [-0.25, -0.2) is 4.98 Å². The Morgan fingerprint density at radius 1 is 1.30 bits per heavy atom. The molecule has 0 aromatic carbocycles. The lowest BCUT2D eigenvalue weighted by atomic mass is 9.68. The molecule has 0 radical (unpaired) electrons. The minimum atomic E-state index is -2.98. The Hall–Kier alpha value is -1.58. The monoisotopic (exact) mass is 442 g/mol. The minimum Gasteiger partial charge on any atom is -0.417 e. The molecule has 3 heterocycles. The zero-order valence-electron chi connectivity index (χ0n) is 18.6. The van der Waals surface area contributed by atoms with E-state index in [1.807, 2.05) is 6.92 Å². The van der Waals surface area contributed by atoms with Crippen molar-refractivity contribution in [2.24, 2.45) is 0 Å². The van der Waals surface area contributed by atoms with Gasteiger partial charge in [0.25, 0.3) is 0 Å². The van der Waals surface area contributed by atoms with Gasteiger partial charge in [-0.3, -0.25) is 4.79 Å². The van der Waals surface area contributed by atoms with Crippen LogP contribution in [0.4, 0.5) is 8.78 Å². The second-order valence-corrected chi connectivity index (χ2v) is 14.6. The van der Waals surface area contributed by atoms with Crippen LogP contribution in [0.3, 0.4) is 0 Å². The van der Waals surface area contributed by atoms with E-state index < -0.39 is 25.9 Å². The quantitative estimate of drug-likeness (QED) is 0.644. The molecule has 1 spiro atoms. The number of halogens is 2. The third-order valence-corrected chi connectivity index (χ3v) is 11.5. The molecule has 30 heavy (non-hydrogen) atoms.